The lowest BCUT2D eigenvalue weighted by Crippen LogP contribution is -2.29. The second-order valence-electron chi connectivity index (χ2n) is 3.69. The number of carbonyl (C=O) groups is 2. The number of rotatable bonds is 5. The van der Waals surface area contributed by atoms with E-state index in [0.29, 0.717) is 17.8 Å². The van der Waals surface area contributed by atoms with Crippen LogP contribution >= 0.6 is 0 Å². The molecule has 94 valence electrons. The summed E-state index contributed by atoms with van der Waals surface area (Å²) in [5.41, 5.74) is 1.10. The van der Waals surface area contributed by atoms with Crippen molar-refractivity contribution in [1.82, 2.24) is 15.1 Å². The molecule has 1 rings (SSSR count). The van der Waals surface area contributed by atoms with Crippen LogP contribution in [0, 0.1) is 6.92 Å². The largest absolute Gasteiger partial charge is 0.452 e. The van der Waals surface area contributed by atoms with Gasteiger partial charge in [-0.25, -0.2) is 4.79 Å². The van der Waals surface area contributed by atoms with Crippen LogP contribution in [-0.2, 0) is 16.6 Å². The van der Waals surface area contributed by atoms with Crippen LogP contribution < -0.4 is 5.32 Å². The van der Waals surface area contributed by atoms with Crippen LogP contribution in [0.4, 0.5) is 0 Å². The number of ether oxygens (including phenoxy) is 1. The van der Waals surface area contributed by atoms with E-state index in [1.165, 1.54) is 6.20 Å². The lowest BCUT2D eigenvalue weighted by Gasteiger charge is -2.05. The molecular weight excluding hydrogens is 222 g/mol. The van der Waals surface area contributed by atoms with Gasteiger partial charge in [0.2, 0.25) is 0 Å². The second kappa shape index (κ2) is 6.03. The lowest BCUT2D eigenvalue weighted by atomic mass is 10.3. The van der Waals surface area contributed by atoms with E-state index < -0.39 is 5.97 Å². The van der Waals surface area contributed by atoms with Crippen LogP contribution in [0.25, 0.3) is 0 Å². The minimum absolute atomic E-state index is 0.257. The fourth-order valence-electron chi connectivity index (χ4n) is 1.22. The predicted octanol–water partition coefficient (Wildman–Crippen LogP) is 0.412. The molecule has 6 nitrogen and oxygen atoms in total. The maximum Gasteiger partial charge on any atom is 0.342 e. The van der Waals surface area contributed by atoms with Crippen molar-refractivity contribution in [2.24, 2.45) is 7.05 Å². The van der Waals surface area contributed by atoms with Crippen molar-refractivity contribution in [2.45, 2.75) is 20.3 Å². The Bertz CT molecular complexity index is 412. The van der Waals surface area contributed by atoms with Crippen molar-refractivity contribution >= 4 is 11.9 Å². The molecule has 0 aliphatic carbocycles. The van der Waals surface area contributed by atoms with E-state index in [1.807, 2.05) is 6.92 Å². The molecule has 1 aromatic heterocycles. The number of carbonyl (C=O) groups excluding carboxylic acids is 2. The molecule has 0 aliphatic rings. The molecule has 0 aliphatic heterocycles. The van der Waals surface area contributed by atoms with Crippen molar-refractivity contribution in [3.05, 3.63) is 17.5 Å². The molecule has 1 aromatic rings. The number of esters is 1. The first-order valence-corrected chi connectivity index (χ1v) is 5.48. The zero-order valence-electron chi connectivity index (χ0n) is 10.3. The van der Waals surface area contributed by atoms with Gasteiger partial charge < -0.3 is 10.1 Å². The SMILES string of the molecule is CCCNC(=O)COC(=O)c1cnn(C)c1C. The molecule has 17 heavy (non-hydrogen) atoms. The summed E-state index contributed by atoms with van der Waals surface area (Å²) in [5.74, 6) is -0.816. The number of nitrogens with one attached hydrogen (secondary N) is 1. The minimum Gasteiger partial charge on any atom is -0.452 e. The van der Waals surface area contributed by atoms with E-state index in [-0.39, 0.29) is 12.5 Å². The fourth-order valence-corrected chi connectivity index (χ4v) is 1.22. The predicted molar refractivity (Wildman–Crippen MR) is 61.5 cm³/mol. The van der Waals surface area contributed by atoms with Gasteiger partial charge in [-0.1, -0.05) is 6.92 Å². The first-order valence-electron chi connectivity index (χ1n) is 5.48. The maximum atomic E-state index is 11.6. The summed E-state index contributed by atoms with van der Waals surface area (Å²) >= 11 is 0. The number of hydrogen-bond donors (Lipinski definition) is 1. The van der Waals surface area contributed by atoms with E-state index in [2.05, 4.69) is 10.4 Å². The first kappa shape index (κ1) is 13.2. The quantitative estimate of drug-likeness (QED) is 0.755. The van der Waals surface area contributed by atoms with Crippen molar-refractivity contribution < 1.29 is 14.3 Å². The lowest BCUT2D eigenvalue weighted by molar-refractivity contribution is -0.124. The zero-order valence-corrected chi connectivity index (χ0v) is 10.3. The van der Waals surface area contributed by atoms with Gasteiger partial charge in [-0.2, -0.15) is 5.10 Å². The van der Waals surface area contributed by atoms with Crippen molar-refractivity contribution in [3.8, 4) is 0 Å². The average molecular weight is 239 g/mol. The summed E-state index contributed by atoms with van der Waals surface area (Å²) in [7, 11) is 1.74. The van der Waals surface area contributed by atoms with Crippen molar-refractivity contribution in [3.63, 3.8) is 0 Å². The monoisotopic (exact) mass is 239 g/mol. The van der Waals surface area contributed by atoms with Crippen molar-refractivity contribution in [1.29, 1.82) is 0 Å². The summed E-state index contributed by atoms with van der Waals surface area (Å²) in [4.78, 5) is 22.8. The molecule has 0 saturated carbocycles. The Hall–Kier alpha value is -1.85. The number of nitrogens with zero attached hydrogens (tertiary/aromatic N) is 2. The number of hydrogen-bond acceptors (Lipinski definition) is 4. The Balaban J connectivity index is 2.45. The van der Waals surface area contributed by atoms with Gasteiger partial charge in [0.25, 0.3) is 5.91 Å². The third-order valence-corrected chi connectivity index (χ3v) is 2.36. The average Bonchev–Trinajstić information content (AvgIpc) is 2.64. The van der Waals surface area contributed by atoms with Gasteiger partial charge in [0.1, 0.15) is 5.56 Å². The molecule has 0 unspecified atom stereocenters. The molecule has 0 aromatic carbocycles. The summed E-state index contributed by atoms with van der Waals surface area (Å²) in [6.07, 6.45) is 2.28. The molecule has 6 heteroatoms. The Morgan fingerprint density at radius 2 is 2.24 bits per heavy atom. The van der Waals surface area contributed by atoms with Gasteiger partial charge in [-0.05, 0) is 13.3 Å². The highest BCUT2D eigenvalue weighted by Crippen LogP contribution is 2.06. The van der Waals surface area contributed by atoms with E-state index in [0.717, 1.165) is 6.42 Å². The van der Waals surface area contributed by atoms with Gasteiger partial charge in [0.05, 0.1) is 6.20 Å². The Kier molecular flexibility index (Phi) is 4.68. The molecule has 0 spiro atoms. The molecule has 0 radical (unpaired) electrons. The van der Waals surface area contributed by atoms with Gasteiger partial charge in [0.15, 0.2) is 6.61 Å². The summed E-state index contributed by atoms with van der Waals surface area (Å²) < 4.78 is 6.45. The van der Waals surface area contributed by atoms with Gasteiger partial charge in [-0.3, -0.25) is 9.48 Å². The minimum atomic E-state index is -0.526. The van der Waals surface area contributed by atoms with Gasteiger partial charge >= 0.3 is 5.97 Å². The topological polar surface area (TPSA) is 73.2 Å². The normalized spacial score (nSPS) is 10.1. The molecule has 0 saturated heterocycles. The highest BCUT2D eigenvalue weighted by atomic mass is 16.5. The summed E-state index contributed by atoms with van der Waals surface area (Å²) in [5, 5.41) is 6.55. The van der Waals surface area contributed by atoms with Crippen LogP contribution in [0.2, 0.25) is 0 Å². The van der Waals surface area contributed by atoms with Gasteiger partial charge in [0, 0.05) is 19.3 Å². The first-order chi connectivity index (χ1) is 8.06. The number of amides is 1. The molecule has 1 heterocycles. The fraction of sp³-hybridized carbons (Fsp3) is 0.545. The second-order valence-corrected chi connectivity index (χ2v) is 3.69. The Labute approximate surface area is 99.9 Å². The molecular formula is C11H17N3O3. The molecule has 1 amide bonds. The summed E-state index contributed by atoms with van der Waals surface area (Å²) in [6.45, 7) is 4.04. The third-order valence-electron chi connectivity index (χ3n) is 2.36. The molecule has 1 N–H and O–H groups in total. The van der Waals surface area contributed by atoms with E-state index >= 15 is 0 Å². The van der Waals surface area contributed by atoms with E-state index in [4.69, 9.17) is 4.74 Å². The smallest absolute Gasteiger partial charge is 0.342 e. The standard InChI is InChI=1S/C11H17N3O3/c1-4-5-12-10(15)7-17-11(16)9-6-13-14(3)8(9)2/h6H,4-5,7H2,1-3H3,(H,12,15). The maximum absolute atomic E-state index is 11.6. The van der Waals surface area contributed by atoms with Crippen LogP contribution in [-0.4, -0.2) is 34.8 Å². The van der Waals surface area contributed by atoms with Crippen LogP contribution in [0.3, 0.4) is 0 Å². The van der Waals surface area contributed by atoms with Gasteiger partial charge in [-0.15, -0.1) is 0 Å². The Morgan fingerprint density at radius 1 is 1.53 bits per heavy atom. The highest BCUT2D eigenvalue weighted by molar-refractivity contribution is 5.92. The third kappa shape index (κ3) is 3.58. The highest BCUT2D eigenvalue weighted by Gasteiger charge is 2.15. The number of aryl methyl sites for hydroxylation is 1. The molecule has 0 fully saturated rings. The van der Waals surface area contributed by atoms with Crippen LogP contribution in [0.5, 0.6) is 0 Å². The van der Waals surface area contributed by atoms with Crippen molar-refractivity contribution in [2.75, 3.05) is 13.2 Å². The molecule has 0 bridgehead atoms. The molecule has 0 atom stereocenters. The van der Waals surface area contributed by atoms with E-state index in [1.54, 1.807) is 18.7 Å². The summed E-state index contributed by atoms with van der Waals surface area (Å²) in [6, 6.07) is 0. The zero-order chi connectivity index (χ0) is 12.8. The van der Waals surface area contributed by atoms with E-state index in [9.17, 15) is 9.59 Å². The number of aromatic nitrogens is 2. The van der Waals surface area contributed by atoms with Crippen LogP contribution in [0.15, 0.2) is 6.20 Å². The Morgan fingerprint density at radius 3 is 2.76 bits per heavy atom. The van der Waals surface area contributed by atoms with Crippen LogP contribution in [0.1, 0.15) is 29.4 Å².